The number of anilines is 1. The average molecular weight is 231 g/mol. The first kappa shape index (κ1) is 11.2. The van der Waals surface area contributed by atoms with Gasteiger partial charge in [0.05, 0.1) is 4.88 Å². The van der Waals surface area contributed by atoms with Gasteiger partial charge in [-0.15, -0.1) is 0 Å². The lowest BCUT2D eigenvalue weighted by molar-refractivity contribution is -0.112. The molecule has 0 spiro atoms. The molecule has 0 N–H and O–H groups in total. The van der Waals surface area contributed by atoms with Gasteiger partial charge < -0.3 is 4.90 Å². The van der Waals surface area contributed by atoms with E-state index in [-0.39, 0.29) is 5.78 Å². The van der Waals surface area contributed by atoms with Crippen LogP contribution >= 0.6 is 22.9 Å². The summed E-state index contributed by atoms with van der Waals surface area (Å²) in [5, 5.41) is 1.27. The number of allylic oxidation sites excluding steroid dienone is 1. The summed E-state index contributed by atoms with van der Waals surface area (Å²) >= 11 is 7.34. The van der Waals surface area contributed by atoms with Gasteiger partial charge in [-0.2, -0.15) is 0 Å². The molecule has 14 heavy (non-hydrogen) atoms. The third-order valence-electron chi connectivity index (χ3n) is 1.45. The van der Waals surface area contributed by atoms with Gasteiger partial charge in [-0.1, -0.05) is 22.9 Å². The SMILES string of the molecule is CC(=O)C=Cc1sc(N(C)C)nc1Cl. The van der Waals surface area contributed by atoms with Crippen LogP contribution in [0.4, 0.5) is 5.13 Å². The van der Waals surface area contributed by atoms with E-state index in [0.717, 1.165) is 10.0 Å². The largest absolute Gasteiger partial charge is 0.354 e. The highest BCUT2D eigenvalue weighted by Gasteiger charge is 2.07. The highest BCUT2D eigenvalue weighted by atomic mass is 35.5. The fourth-order valence-corrected chi connectivity index (χ4v) is 1.88. The van der Waals surface area contributed by atoms with E-state index < -0.39 is 0 Å². The number of halogens is 1. The Hall–Kier alpha value is -0.870. The Labute approximate surface area is 92.0 Å². The van der Waals surface area contributed by atoms with E-state index in [0.29, 0.717) is 5.15 Å². The molecule has 0 bridgehead atoms. The van der Waals surface area contributed by atoms with Gasteiger partial charge in [0.2, 0.25) is 0 Å². The first-order valence-electron chi connectivity index (χ1n) is 4.03. The van der Waals surface area contributed by atoms with E-state index in [1.165, 1.54) is 24.3 Å². The third-order valence-corrected chi connectivity index (χ3v) is 3.04. The second-order valence-electron chi connectivity index (χ2n) is 2.99. The number of hydrogen-bond acceptors (Lipinski definition) is 4. The quantitative estimate of drug-likeness (QED) is 0.748. The monoisotopic (exact) mass is 230 g/mol. The molecule has 1 aromatic heterocycles. The predicted molar refractivity (Wildman–Crippen MR) is 61.2 cm³/mol. The molecule has 76 valence electrons. The van der Waals surface area contributed by atoms with E-state index in [1.807, 2.05) is 19.0 Å². The normalized spacial score (nSPS) is 10.9. The van der Waals surface area contributed by atoms with Crippen molar-refractivity contribution in [2.75, 3.05) is 19.0 Å². The maximum absolute atomic E-state index is 10.7. The van der Waals surface area contributed by atoms with E-state index in [9.17, 15) is 4.79 Å². The van der Waals surface area contributed by atoms with E-state index in [2.05, 4.69) is 4.98 Å². The van der Waals surface area contributed by atoms with Crippen LogP contribution in [-0.2, 0) is 4.79 Å². The van der Waals surface area contributed by atoms with E-state index >= 15 is 0 Å². The van der Waals surface area contributed by atoms with Crippen LogP contribution in [0.25, 0.3) is 6.08 Å². The molecule has 1 rings (SSSR count). The van der Waals surface area contributed by atoms with Crippen molar-refractivity contribution in [3.05, 3.63) is 16.1 Å². The van der Waals surface area contributed by atoms with Crippen molar-refractivity contribution in [1.82, 2.24) is 4.98 Å². The molecule has 1 aromatic rings. The molecule has 0 radical (unpaired) electrons. The second-order valence-corrected chi connectivity index (χ2v) is 4.36. The van der Waals surface area contributed by atoms with Gasteiger partial charge >= 0.3 is 0 Å². The van der Waals surface area contributed by atoms with Crippen LogP contribution in [0.5, 0.6) is 0 Å². The summed E-state index contributed by atoms with van der Waals surface area (Å²) in [6.45, 7) is 1.50. The summed E-state index contributed by atoms with van der Waals surface area (Å²) in [4.78, 5) is 17.5. The van der Waals surface area contributed by atoms with Crippen LogP contribution in [0, 0.1) is 0 Å². The molecule has 0 aromatic carbocycles. The van der Waals surface area contributed by atoms with Crippen molar-refractivity contribution >= 4 is 39.9 Å². The highest BCUT2D eigenvalue weighted by molar-refractivity contribution is 7.17. The van der Waals surface area contributed by atoms with Crippen LogP contribution in [0.3, 0.4) is 0 Å². The molecular formula is C9H11ClN2OS. The number of carbonyl (C=O) groups is 1. The minimum atomic E-state index is 0.000805. The zero-order valence-electron chi connectivity index (χ0n) is 8.24. The zero-order valence-corrected chi connectivity index (χ0v) is 9.82. The number of rotatable bonds is 3. The smallest absolute Gasteiger partial charge is 0.186 e. The van der Waals surface area contributed by atoms with Crippen molar-refractivity contribution in [1.29, 1.82) is 0 Å². The third kappa shape index (κ3) is 2.82. The molecule has 0 aliphatic heterocycles. The van der Waals surface area contributed by atoms with Gasteiger partial charge in [0, 0.05) is 14.1 Å². The summed E-state index contributed by atoms with van der Waals surface area (Å²) < 4.78 is 0. The van der Waals surface area contributed by atoms with Crippen LogP contribution in [0.1, 0.15) is 11.8 Å². The lowest BCUT2D eigenvalue weighted by Crippen LogP contribution is -2.07. The summed E-state index contributed by atoms with van der Waals surface area (Å²) in [6, 6.07) is 0. The van der Waals surface area contributed by atoms with E-state index in [1.54, 1.807) is 6.08 Å². The average Bonchev–Trinajstić information content (AvgIpc) is 2.43. The first-order chi connectivity index (χ1) is 6.50. The lowest BCUT2D eigenvalue weighted by atomic mass is 10.4. The number of nitrogens with zero attached hydrogens (tertiary/aromatic N) is 2. The van der Waals surface area contributed by atoms with Gasteiger partial charge in [-0.25, -0.2) is 4.98 Å². The standard InChI is InChI=1S/C9H11ClN2OS/c1-6(13)4-5-7-8(10)11-9(14-7)12(2)3/h4-5H,1-3H3. The van der Waals surface area contributed by atoms with Crippen LogP contribution in [0.15, 0.2) is 6.08 Å². The molecule has 0 amide bonds. The minimum Gasteiger partial charge on any atom is -0.354 e. The molecule has 0 atom stereocenters. The molecule has 1 heterocycles. The zero-order chi connectivity index (χ0) is 10.7. The summed E-state index contributed by atoms with van der Waals surface area (Å²) in [5.41, 5.74) is 0. The number of hydrogen-bond donors (Lipinski definition) is 0. The van der Waals surface area contributed by atoms with Gasteiger partial charge in [-0.3, -0.25) is 4.79 Å². The number of thiazole rings is 1. The molecule has 0 fully saturated rings. The molecule has 3 nitrogen and oxygen atoms in total. The maximum Gasteiger partial charge on any atom is 0.186 e. The molecule has 0 saturated heterocycles. The van der Waals surface area contributed by atoms with E-state index in [4.69, 9.17) is 11.6 Å². The van der Waals surface area contributed by atoms with Crippen molar-refractivity contribution in [3.63, 3.8) is 0 Å². The predicted octanol–water partition coefficient (Wildman–Crippen LogP) is 2.46. The minimum absolute atomic E-state index is 0.000805. The summed E-state index contributed by atoms with van der Waals surface area (Å²) in [7, 11) is 3.79. The molecule has 0 unspecified atom stereocenters. The first-order valence-corrected chi connectivity index (χ1v) is 5.22. The van der Waals surface area contributed by atoms with Crippen LogP contribution in [0.2, 0.25) is 5.15 Å². The van der Waals surface area contributed by atoms with Gasteiger partial charge in [0.25, 0.3) is 0 Å². The summed E-state index contributed by atoms with van der Waals surface area (Å²) in [6.07, 6.45) is 3.17. The number of carbonyl (C=O) groups excluding carboxylic acids is 1. The number of aromatic nitrogens is 1. The van der Waals surface area contributed by atoms with Gasteiger partial charge in [0.15, 0.2) is 10.9 Å². The topological polar surface area (TPSA) is 33.2 Å². The molecular weight excluding hydrogens is 220 g/mol. The van der Waals surface area contributed by atoms with Crippen molar-refractivity contribution in [2.45, 2.75) is 6.92 Å². The Kier molecular flexibility index (Phi) is 3.66. The van der Waals surface area contributed by atoms with Gasteiger partial charge in [0.1, 0.15) is 5.15 Å². The lowest BCUT2D eigenvalue weighted by Gasteiger charge is -2.04. The second kappa shape index (κ2) is 4.57. The Balaban J connectivity index is 2.93. The van der Waals surface area contributed by atoms with Crippen LogP contribution < -0.4 is 4.90 Å². The molecule has 5 heteroatoms. The Bertz CT molecular complexity index is 371. The maximum atomic E-state index is 10.7. The Morgan fingerprint density at radius 2 is 2.21 bits per heavy atom. The fraction of sp³-hybridized carbons (Fsp3) is 0.333. The fourth-order valence-electron chi connectivity index (χ4n) is 0.789. The summed E-state index contributed by atoms with van der Waals surface area (Å²) in [5.74, 6) is 0.000805. The highest BCUT2D eigenvalue weighted by Crippen LogP contribution is 2.29. The molecule has 0 saturated carbocycles. The Morgan fingerprint density at radius 3 is 2.64 bits per heavy atom. The van der Waals surface area contributed by atoms with Gasteiger partial charge in [-0.05, 0) is 19.1 Å². The van der Waals surface area contributed by atoms with Crippen molar-refractivity contribution in [3.8, 4) is 0 Å². The van der Waals surface area contributed by atoms with Crippen molar-refractivity contribution < 1.29 is 4.79 Å². The molecule has 0 aliphatic rings. The Morgan fingerprint density at radius 1 is 1.57 bits per heavy atom. The van der Waals surface area contributed by atoms with Crippen molar-refractivity contribution in [2.24, 2.45) is 0 Å². The molecule has 0 aliphatic carbocycles. The number of ketones is 1. The van der Waals surface area contributed by atoms with Crippen LogP contribution in [-0.4, -0.2) is 24.9 Å².